The maximum Gasteiger partial charge on any atom is 0.255 e. The third-order valence-corrected chi connectivity index (χ3v) is 6.15. The molecule has 2 aromatic carbocycles. The van der Waals surface area contributed by atoms with Crippen LogP contribution in [0.1, 0.15) is 28.8 Å². The average molecular weight is 362 g/mol. The summed E-state index contributed by atoms with van der Waals surface area (Å²) in [7, 11) is -3.59. The van der Waals surface area contributed by atoms with Crippen LogP contribution in [0.4, 0.5) is 10.1 Å². The SMILES string of the molecule is Cc1ccc(S(=O)(=O)N2CCCC2)cc1C(=O)Nc1ccc(F)cc1. The number of anilines is 1. The van der Waals surface area contributed by atoms with Gasteiger partial charge in [-0.05, 0) is 61.7 Å². The highest BCUT2D eigenvalue weighted by molar-refractivity contribution is 7.89. The van der Waals surface area contributed by atoms with Crippen LogP contribution in [0.15, 0.2) is 47.4 Å². The van der Waals surface area contributed by atoms with Crippen molar-refractivity contribution < 1.29 is 17.6 Å². The van der Waals surface area contributed by atoms with E-state index in [9.17, 15) is 17.6 Å². The maximum atomic E-state index is 13.0. The number of rotatable bonds is 4. The molecule has 7 heteroatoms. The predicted molar refractivity (Wildman–Crippen MR) is 93.5 cm³/mol. The predicted octanol–water partition coefficient (Wildman–Crippen LogP) is 3.17. The summed E-state index contributed by atoms with van der Waals surface area (Å²) in [6, 6.07) is 9.95. The van der Waals surface area contributed by atoms with Crippen LogP contribution in [0.5, 0.6) is 0 Å². The summed E-state index contributed by atoms with van der Waals surface area (Å²) >= 11 is 0. The Bertz CT molecular complexity index is 889. The molecule has 2 aromatic rings. The van der Waals surface area contributed by atoms with Gasteiger partial charge < -0.3 is 5.32 Å². The molecule has 0 atom stereocenters. The first-order valence-corrected chi connectivity index (χ1v) is 9.50. The van der Waals surface area contributed by atoms with E-state index in [1.165, 1.54) is 40.7 Å². The van der Waals surface area contributed by atoms with Crippen molar-refractivity contribution >= 4 is 21.6 Å². The van der Waals surface area contributed by atoms with Crippen LogP contribution in [0.3, 0.4) is 0 Å². The van der Waals surface area contributed by atoms with Crippen molar-refractivity contribution in [3.8, 4) is 0 Å². The Morgan fingerprint density at radius 3 is 2.36 bits per heavy atom. The lowest BCUT2D eigenvalue weighted by molar-refractivity contribution is 0.102. The van der Waals surface area contributed by atoms with Gasteiger partial charge in [0.25, 0.3) is 5.91 Å². The molecule has 0 spiro atoms. The van der Waals surface area contributed by atoms with Crippen molar-refractivity contribution in [2.75, 3.05) is 18.4 Å². The molecule has 5 nitrogen and oxygen atoms in total. The minimum Gasteiger partial charge on any atom is -0.322 e. The second kappa shape index (κ2) is 6.93. The quantitative estimate of drug-likeness (QED) is 0.908. The minimum absolute atomic E-state index is 0.115. The Labute approximate surface area is 146 Å². The van der Waals surface area contributed by atoms with E-state index in [-0.39, 0.29) is 10.5 Å². The minimum atomic E-state index is -3.59. The van der Waals surface area contributed by atoms with Crippen LogP contribution < -0.4 is 5.32 Å². The highest BCUT2D eigenvalue weighted by Crippen LogP contribution is 2.23. The number of halogens is 1. The smallest absolute Gasteiger partial charge is 0.255 e. The van der Waals surface area contributed by atoms with Gasteiger partial charge in [-0.2, -0.15) is 4.31 Å². The number of hydrogen-bond acceptors (Lipinski definition) is 3. The molecule has 0 aliphatic carbocycles. The van der Waals surface area contributed by atoms with Gasteiger partial charge in [0.15, 0.2) is 0 Å². The lowest BCUT2D eigenvalue weighted by atomic mass is 10.1. The number of nitrogens with zero attached hydrogens (tertiary/aromatic N) is 1. The first-order valence-electron chi connectivity index (χ1n) is 8.05. The molecule has 1 aliphatic rings. The molecule has 3 rings (SSSR count). The van der Waals surface area contributed by atoms with E-state index in [2.05, 4.69) is 5.32 Å². The Morgan fingerprint density at radius 2 is 1.72 bits per heavy atom. The molecule has 1 aliphatic heterocycles. The van der Waals surface area contributed by atoms with E-state index in [1.807, 2.05) is 0 Å². The molecule has 0 unspecified atom stereocenters. The molecule has 0 saturated carbocycles. The summed E-state index contributed by atoms with van der Waals surface area (Å²) in [6.45, 7) is 2.76. The summed E-state index contributed by atoms with van der Waals surface area (Å²) in [5, 5.41) is 2.66. The molecular weight excluding hydrogens is 343 g/mol. The van der Waals surface area contributed by atoms with Crippen LogP contribution in [0.25, 0.3) is 0 Å². The van der Waals surface area contributed by atoms with Crippen molar-refractivity contribution in [1.29, 1.82) is 0 Å². The third kappa shape index (κ3) is 3.72. The second-order valence-electron chi connectivity index (χ2n) is 6.05. The van der Waals surface area contributed by atoms with Gasteiger partial charge in [-0.15, -0.1) is 0 Å². The van der Waals surface area contributed by atoms with E-state index in [0.29, 0.717) is 24.3 Å². The molecule has 0 bridgehead atoms. The first-order chi connectivity index (χ1) is 11.9. The van der Waals surface area contributed by atoms with E-state index in [0.717, 1.165) is 12.8 Å². The Kier molecular flexibility index (Phi) is 4.87. The number of sulfonamides is 1. The molecule has 1 N–H and O–H groups in total. The zero-order chi connectivity index (χ0) is 18.0. The summed E-state index contributed by atoms with van der Waals surface area (Å²) in [6.07, 6.45) is 1.70. The highest BCUT2D eigenvalue weighted by atomic mass is 32.2. The molecule has 1 saturated heterocycles. The zero-order valence-electron chi connectivity index (χ0n) is 13.8. The van der Waals surface area contributed by atoms with Crippen LogP contribution in [0, 0.1) is 12.7 Å². The fraction of sp³-hybridized carbons (Fsp3) is 0.278. The second-order valence-corrected chi connectivity index (χ2v) is 7.99. The van der Waals surface area contributed by atoms with Gasteiger partial charge in [-0.25, -0.2) is 12.8 Å². The Balaban J connectivity index is 1.88. The molecular formula is C18H19FN2O3S. The molecule has 0 aromatic heterocycles. The summed E-state index contributed by atoms with van der Waals surface area (Å²) < 4.78 is 39.7. The zero-order valence-corrected chi connectivity index (χ0v) is 14.6. The molecule has 1 amide bonds. The van der Waals surface area contributed by atoms with Crippen molar-refractivity contribution in [3.05, 3.63) is 59.4 Å². The average Bonchev–Trinajstić information content (AvgIpc) is 3.12. The van der Waals surface area contributed by atoms with E-state index < -0.39 is 21.7 Å². The van der Waals surface area contributed by atoms with E-state index >= 15 is 0 Å². The number of carbonyl (C=O) groups excluding carboxylic acids is 1. The number of benzene rings is 2. The van der Waals surface area contributed by atoms with E-state index in [1.54, 1.807) is 13.0 Å². The topological polar surface area (TPSA) is 66.5 Å². The van der Waals surface area contributed by atoms with Gasteiger partial charge >= 0.3 is 0 Å². The number of carbonyl (C=O) groups is 1. The van der Waals surface area contributed by atoms with Gasteiger partial charge in [-0.1, -0.05) is 6.07 Å². The first kappa shape index (κ1) is 17.6. The van der Waals surface area contributed by atoms with Gasteiger partial charge in [0.05, 0.1) is 4.90 Å². The van der Waals surface area contributed by atoms with Crippen molar-refractivity contribution in [1.82, 2.24) is 4.31 Å². The van der Waals surface area contributed by atoms with Gasteiger partial charge in [0.1, 0.15) is 5.82 Å². The highest BCUT2D eigenvalue weighted by Gasteiger charge is 2.28. The number of hydrogen-bond donors (Lipinski definition) is 1. The molecule has 0 radical (unpaired) electrons. The largest absolute Gasteiger partial charge is 0.322 e. The maximum absolute atomic E-state index is 13.0. The fourth-order valence-corrected chi connectivity index (χ4v) is 4.36. The third-order valence-electron chi connectivity index (χ3n) is 4.26. The molecule has 25 heavy (non-hydrogen) atoms. The Hall–Kier alpha value is -2.25. The number of amides is 1. The lowest BCUT2D eigenvalue weighted by Gasteiger charge is -2.17. The normalized spacial score (nSPS) is 15.3. The monoisotopic (exact) mass is 362 g/mol. The number of nitrogens with one attached hydrogen (secondary N) is 1. The molecule has 1 heterocycles. The summed E-state index contributed by atoms with van der Waals surface area (Å²) in [5.41, 5.74) is 1.39. The standard InChI is InChI=1S/C18H19FN2O3S/c1-13-4-9-16(25(23,24)21-10-2-3-11-21)12-17(13)18(22)20-15-7-5-14(19)6-8-15/h4-9,12H,2-3,10-11H2,1H3,(H,20,22). The molecule has 132 valence electrons. The van der Waals surface area contributed by atoms with Crippen molar-refractivity contribution in [2.45, 2.75) is 24.7 Å². The van der Waals surface area contributed by atoms with Crippen LogP contribution in [0.2, 0.25) is 0 Å². The lowest BCUT2D eigenvalue weighted by Crippen LogP contribution is -2.28. The molecule has 1 fully saturated rings. The van der Waals surface area contributed by atoms with Crippen LogP contribution in [-0.4, -0.2) is 31.7 Å². The van der Waals surface area contributed by atoms with Gasteiger partial charge in [0, 0.05) is 24.3 Å². The number of aryl methyl sites for hydroxylation is 1. The van der Waals surface area contributed by atoms with Crippen molar-refractivity contribution in [3.63, 3.8) is 0 Å². The van der Waals surface area contributed by atoms with Crippen LogP contribution in [-0.2, 0) is 10.0 Å². The van der Waals surface area contributed by atoms with Gasteiger partial charge in [0.2, 0.25) is 10.0 Å². The van der Waals surface area contributed by atoms with Crippen molar-refractivity contribution in [2.24, 2.45) is 0 Å². The summed E-state index contributed by atoms with van der Waals surface area (Å²) in [5.74, 6) is -0.824. The fourth-order valence-electron chi connectivity index (χ4n) is 2.82. The van der Waals surface area contributed by atoms with Gasteiger partial charge in [-0.3, -0.25) is 4.79 Å². The van der Waals surface area contributed by atoms with Crippen LogP contribution >= 0.6 is 0 Å². The summed E-state index contributed by atoms with van der Waals surface area (Å²) in [4.78, 5) is 12.6. The Morgan fingerprint density at radius 1 is 1.08 bits per heavy atom. The van der Waals surface area contributed by atoms with E-state index in [4.69, 9.17) is 0 Å².